The molecule has 0 saturated carbocycles. The van der Waals surface area contributed by atoms with Gasteiger partial charge in [0.2, 0.25) is 0 Å². The van der Waals surface area contributed by atoms with Crippen molar-refractivity contribution in [2.24, 2.45) is 0 Å². The van der Waals surface area contributed by atoms with Crippen molar-refractivity contribution in [1.82, 2.24) is 5.32 Å². The summed E-state index contributed by atoms with van der Waals surface area (Å²) < 4.78 is 14.7. The molecule has 1 fully saturated rings. The molecular formula is C5H9NO3P+. The molecule has 0 spiro atoms. The summed E-state index contributed by atoms with van der Waals surface area (Å²) in [5.74, 6) is -0.224. The fourth-order valence-electron chi connectivity index (χ4n) is 0.820. The zero-order valence-corrected chi connectivity index (χ0v) is 6.42. The van der Waals surface area contributed by atoms with Gasteiger partial charge in [-0.15, -0.1) is 0 Å². The molecule has 0 aromatic heterocycles. The molecule has 2 atom stereocenters. The van der Waals surface area contributed by atoms with Gasteiger partial charge in [0.05, 0.1) is 0 Å². The van der Waals surface area contributed by atoms with Gasteiger partial charge in [-0.1, -0.05) is 4.57 Å². The van der Waals surface area contributed by atoms with Crippen LogP contribution in [0.4, 0.5) is 0 Å². The van der Waals surface area contributed by atoms with Gasteiger partial charge in [0.25, 0.3) is 0 Å². The number of nitrogens with one attached hydrogen (secondary N) is 1. The summed E-state index contributed by atoms with van der Waals surface area (Å²) in [7, 11) is -0.324. The standard InChI is InChI=1S/C5H8NO3P/c7-5-4(1-2-10-8)6-3-9-5/h4,6H,1-3H2/p+1/t4-/m0/s1. The largest absolute Gasteiger partial charge is 0.449 e. The van der Waals surface area contributed by atoms with Gasteiger partial charge in [-0.3, -0.25) is 10.1 Å². The van der Waals surface area contributed by atoms with Gasteiger partial charge in [0.1, 0.15) is 18.9 Å². The lowest BCUT2D eigenvalue weighted by atomic mass is 10.2. The van der Waals surface area contributed by atoms with E-state index in [4.69, 9.17) is 0 Å². The van der Waals surface area contributed by atoms with Gasteiger partial charge < -0.3 is 4.74 Å². The first kappa shape index (κ1) is 7.63. The van der Waals surface area contributed by atoms with Gasteiger partial charge in [0.15, 0.2) is 0 Å². The highest BCUT2D eigenvalue weighted by Gasteiger charge is 2.25. The summed E-state index contributed by atoms with van der Waals surface area (Å²) in [6.45, 7) is 0.297. The lowest BCUT2D eigenvalue weighted by Gasteiger charge is -1.97. The summed E-state index contributed by atoms with van der Waals surface area (Å²) in [6.07, 6.45) is 1.17. The van der Waals surface area contributed by atoms with Crippen LogP contribution in [0.5, 0.6) is 0 Å². The van der Waals surface area contributed by atoms with Gasteiger partial charge in [-0.2, -0.15) is 0 Å². The van der Waals surface area contributed by atoms with Gasteiger partial charge in [-0.05, 0) is 0 Å². The molecule has 1 aliphatic rings. The van der Waals surface area contributed by atoms with Crippen LogP contribution in [0.3, 0.4) is 0 Å². The van der Waals surface area contributed by atoms with E-state index < -0.39 is 0 Å². The first-order chi connectivity index (χ1) is 4.84. The molecule has 1 aliphatic heterocycles. The van der Waals surface area contributed by atoms with Crippen molar-refractivity contribution in [3.8, 4) is 0 Å². The molecule has 10 heavy (non-hydrogen) atoms. The maximum atomic E-state index is 10.7. The third-order valence-electron chi connectivity index (χ3n) is 1.36. The van der Waals surface area contributed by atoms with Crippen LogP contribution in [0.1, 0.15) is 6.42 Å². The molecule has 0 aromatic rings. The smallest absolute Gasteiger partial charge is 0.324 e. The predicted molar refractivity (Wildman–Crippen MR) is 36.4 cm³/mol. The van der Waals surface area contributed by atoms with Crippen molar-refractivity contribution in [2.75, 3.05) is 12.9 Å². The second-order valence-electron chi connectivity index (χ2n) is 2.05. The zero-order valence-electron chi connectivity index (χ0n) is 5.42. The minimum absolute atomic E-state index is 0.221. The molecule has 0 amide bonds. The Morgan fingerprint density at radius 2 is 2.60 bits per heavy atom. The third-order valence-corrected chi connectivity index (χ3v) is 1.86. The zero-order chi connectivity index (χ0) is 7.40. The van der Waals surface area contributed by atoms with Crippen LogP contribution in [0, 0.1) is 0 Å². The fourth-order valence-corrected chi connectivity index (χ4v) is 1.23. The minimum Gasteiger partial charge on any atom is -0.449 e. The molecule has 1 N–H and O–H groups in total. The number of cyclic esters (lactones) is 1. The molecule has 1 saturated heterocycles. The molecule has 0 bridgehead atoms. The van der Waals surface area contributed by atoms with Crippen molar-refractivity contribution in [1.29, 1.82) is 0 Å². The van der Waals surface area contributed by atoms with Gasteiger partial charge in [0, 0.05) is 6.42 Å². The van der Waals surface area contributed by atoms with Crippen molar-refractivity contribution in [3.63, 3.8) is 0 Å². The van der Waals surface area contributed by atoms with E-state index in [1.165, 1.54) is 0 Å². The summed E-state index contributed by atoms with van der Waals surface area (Å²) in [4.78, 5) is 10.7. The Hall–Kier alpha value is -0.470. The molecule has 1 heterocycles. The summed E-state index contributed by atoms with van der Waals surface area (Å²) >= 11 is 0. The van der Waals surface area contributed by atoms with Crippen molar-refractivity contribution >= 4 is 14.4 Å². The highest BCUT2D eigenvalue weighted by molar-refractivity contribution is 7.23. The number of esters is 1. The van der Waals surface area contributed by atoms with Crippen LogP contribution in [-0.4, -0.2) is 24.9 Å². The molecule has 1 unspecified atom stereocenters. The monoisotopic (exact) mass is 162 g/mol. The molecule has 4 nitrogen and oxygen atoms in total. The third kappa shape index (κ3) is 1.75. The summed E-state index contributed by atoms with van der Waals surface area (Å²) in [5.41, 5.74) is 0. The number of carbonyl (C=O) groups is 1. The first-order valence-corrected chi connectivity index (χ1v) is 4.21. The average Bonchev–Trinajstić information content (AvgIpc) is 2.31. The highest BCUT2D eigenvalue weighted by Crippen LogP contribution is 2.05. The van der Waals surface area contributed by atoms with Crippen LogP contribution in [0.2, 0.25) is 0 Å². The fraction of sp³-hybridized carbons (Fsp3) is 0.800. The van der Waals surface area contributed by atoms with Crippen LogP contribution >= 0.6 is 8.46 Å². The van der Waals surface area contributed by atoms with E-state index in [9.17, 15) is 9.36 Å². The maximum Gasteiger partial charge on any atom is 0.324 e. The van der Waals surface area contributed by atoms with Crippen molar-refractivity contribution in [2.45, 2.75) is 12.5 Å². The van der Waals surface area contributed by atoms with E-state index in [-0.39, 0.29) is 20.5 Å². The van der Waals surface area contributed by atoms with Gasteiger partial charge >= 0.3 is 14.4 Å². The number of rotatable bonds is 3. The highest BCUT2D eigenvalue weighted by atomic mass is 31.1. The van der Waals surface area contributed by atoms with E-state index in [2.05, 4.69) is 10.1 Å². The van der Waals surface area contributed by atoms with E-state index in [0.717, 1.165) is 0 Å². The quantitative estimate of drug-likeness (QED) is 0.464. The predicted octanol–water partition coefficient (Wildman–Crippen LogP) is -0.127. The maximum absolute atomic E-state index is 10.7. The minimum atomic E-state index is -0.324. The second-order valence-corrected chi connectivity index (χ2v) is 2.84. The molecular weight excluding hydrogens is 153 g/mol. The SMILES string of the molecule is O=[PH+]CC[C@@H]1NCOC1=O. The first-order valence-electron chi connectivity index (χ1n) is 3.09. The van der Waals surface area contributed by atoms with E-state index >= 15 is 0 Å². The topological polar surface area (TPSA) is 55.4 Å². The van der Waals surface area contributed by atoms with Gasteiger partial charge in [-0.25, -0.2) is 0 Å². The Morgan fingerprint density at radius 3 is 3.10 bits per heavy atom. The van der Waals surface area contributed by atoms with Crippen molar-refractivity contribution in [3.05, 3.63) is 0 Å². The lowest BCUT2D eigenvalue weighted by Crippen LogP contribution is -2.27. The van der Waals surface area contributed by atoms with Crippen LogP contribution in [-0.2, 0) is 14.1 Å². The summed E-state index contributed by atoms with van der Waals surface area (Å²) in [6, 6.07) is -0.221. The normalized spacial score (nSPS) is 25.2. The Balaban J connectivity index is 2.26. The Kier molecular flexibility index (Phi) is 2.78. The Morgan fingerprint density at radius 1 is 1.80 bits per heavy atom. The molecule has 56 valence electrons. The van der Waals surface area contributed by atoms with E-state index in [0.29, 0.717) is 19.3 Å². The van der Waals surface area contributed by atoms with Crippen molar-refractivity contribution < 1.29 is 14.1 Å². The van der Waals surface area contributed by atoms with Crippen LogP contribution in [0.25, 0.3) is 0 Å². The van der Waals surface area contributed by atoms with Crippen LogP contribution < -0.4 is 5.32 Å². The second kappa shape index (κ2) is 3.64. The average molecular weight is 162 g/mol. The Bertz CT molecular complexity index is 150. The molecule has 0 aromatic carbocycles. The molecule has 0 radical (unpaired) electrons. The molecule has 5 heteroatoms. The number of hydrogen-bond acceptors (Lipinski definition) is 4. The van der Waals surface area contributed by atoms with E-state index in [1.54, 1.807) is 0 Å². The van der Waals surface area contributed by atoms with E-state index in [1.807, 2.05) is 0 Å². The Labute approximate surface area is 60.1 Å². The lowest BCUT2D eigenvalue weighted by molar-refractivity contribution is -0.139. The molecule has 1 rings (SSSR count). The summed E-state index contributed by atoms with van der Waals surface area (Å²) in [5, 5.41) is 2.83. The van der Waals surface area contributed by atoms with Crippen LogP contribution in [0.15, 0.2) is 0 Å². The number of hydrogen-bond donors (Lipinski definition) is 1. The number of carbonyl (C=O) groups excluding carboxylic acids is 1. The number of ether oxygens (including phenoxy) is 1. The molecule has 0 aliphatic carbocycles.